The molecule has 3 heterocycles. The number of hydrogen-bond acceptors (Lipinski definition) is 6. The van der Waals surface area contributed by atoms with Gasteiger partial charge in [0.1, 0.15) is 29.6 Å². The summed E-state index contributed by atoms with van der Waals surface area (Å²) in [5, 5.41) is 3.14. The van der Waals surface area contributed by atoms with Crippen LogP contribution in [0, 0.1) is 0 Å². The molecule has 0 radical (unpaired) electrons. The predicted molar refractivity (Wildman–Crippen MR) is 76.0 cm³/mol. The first-order valence-corrected chi connectivity index (χ1v) is 6.58. The van der Waals surface area contributed by atoms with Gasteiger partial charge >= 0.3 is 0 Å². The summed E-state index contributed by atoms with van der Waals surface area (Å²) in [7, 11) is 0. The highest BCUT2D eigenvalue weighted by Gasteiger charge is 2.17. The summed E-state index contributed by atoms with van der Waals surface area (Å²) in [5.74, 6) is 2.60. The predicted octanol–water partition coefficient (Wildman–Crippen LogP) is 1.78. The Kier molecular flexibility index (Phi) is 3.54. The van der Waals surface area contributed by atoms with Crippen molar-refractivity contribution in [3.8, 4) is 0 Å². The molecule has 0 spiro atoms. The van der Waals surface area contributed by atoms with E-state index in [1.807, 2.05) is 24.3 Å². The minimum atomic E-state index is 0.321. The molecule has 3 rings (SSSR count). The Morgan fingerprint density at radius 3 is 2.65 bits per heavy atom. The van der Waals surface area contributed by atoms with Gasteiger partial charge in [-0.1, -0.05) is 6.07 Å². The Labute approximate surface area is 116 Å². The zero-order valence-electron chi connectivity index (χ0n) is 11.0. The van der Waals surface area contributed by atoms with Crippen LogP contribution in [0.15, 0.2) is 36.8 Å². The third-order valence-electron chi connectivity index (χ3n) is 3.22. The van der Waals surface area contributed by atoms with Gasteiger partial charge in [-0.15, -0.1) is 0 Å². The van der Waals surface area contributed by atoms with E-state index in [0.717, 1.165) is 24.7 Å². The van der Waals surface area contributed by atoms with E-state index in [2.05, 4.69) is 25.2 Å². The van der Waals surface area contributed by atoms with Crippen molar-refractivity contribution < 1.29 is 4.79 Å². The molecule has 20 heavy (non-hydrogen) atoms. The van der Waals surface area contributed by atoms with Crippen LogP contribution in [0.5, 0.6) is 0 Å². The monoisotopic (exact) mass is 269 g/mol. The number of pyridine rings is 1. The zero-order valence-corrected chi connectivity index (χ0v) is 11.0. The van der Waals surface area contributed by atoms with Crippen molar-refractivity contribution in [3.05, 3.63) is 36.8 Å². The lowest BCUT2D eigenvalue weighted by Crippen LogP contribution is -2.34. The van der Waals surface area contributed by atoms with Crippen LogP contribution in [-0.4, -0.2) is 33.8 Å². The number of anilines is 3. The Morgan fingerprint density at radius 2 is 1.90 bits per heavy atom. The van der Waals surface area contributed by atoms with Crippen LogP contribution in [0.3, 0.4) is 0 Å². The second-order valence-corrected chi connectivity index (χ2v) is 4.63. The van der Waals surface area contributed by atoms with Crippen LogP contribution >= 0.6 is 0 Å². The van der Waals surface area contributed by atoms with E-state index in [0.29, 0.717) is 24.4 Å². The lowest BCUT2D eigenvalue weighted by Gasteiger charge is -2.27. The van der Waals surface area contributed by atoms with Crippen molar-refractivity contribution in [1.82, 2.24) is 15.0 Å². The molecule has 0 saturated carbocycles. The van der Waals surface area contributed by atoms with Gasteiger partial charge in [-0.2, -0.15) is 0 Å². The maximum atomic E-state index is 11.3. The number of ketones is 1. The highest BCUT2D eigenvalue weighted by molar-refractivity contribution is 5.80. The fraction of sp³-hybridized carbons (Fsp3) is 0.286. The van der Waals surface area contributed by atoms with Crippen LogP contribution in [0.4, 0.5) is 17.5 Å². The van der Waals surface area contributed by atoms with Crippen molar-refractivity contribution in [1.29, 1.82) is 0 Å². The lowest BCUT2D eigenvalue weighted by molar-refractivity contribution is -0.119. The minimum absolute atomic E-state index is 0.321. The van der Waals surface area contributed by atoms with E-state index in [4.69, 9.17) is 0 Å². The van der Waals surface area contributed by atoms with E-state index in [-0.39, 0.29) is 0 Å². The van der Waals surface area contributed by atoms with Crippen molar-refractivity contribution >= 4 is 23.2 Å². The molecule has 0 unspecified atom stereocenters. The summed E-state index contributed by atoms with van der Waals surface area (Å²) in [6.07, 6.45) is 4.43. The average Bonchev–Trinajstić information content (AvgIpc) is 2.49. The molecule has 0 bridgehead atoms. The van der Waals surface area contributed by atoms with E-state index in [1.165, 1.54) is 6.33 Å². The number of rotatable bonds is 3. The van der Waals surface area contributed by atoms with E-state index in [9.17, 15) is 4.79 Å². The van der Waals surface area contributed by atoms with E-state index >= 15 is 0 Å². The molecule has 1 aliphatic rings. The van der Waals surface area contributed by atoms with Crippen molar-refractivity contribution in [2.75, 3.05) is 23.3 Å². The third-order valence-corrected chi connectivity index (χ3v) is 3.22. The summed E-state index contributed by atoms with van der Waals surface area (Å²) in [5.41, 5.74) is 0. The Morgan fingerprint density at radius 1 is 1.05 bits per heavy atom. The summed E-state index contributed by atoms with van der Waals surface area (Å²) >= 11 is 0. The minimum Gasteiger partial charge on any atom is -0.356 e. The molecule has 0 amide bonds. The summed E-state index contributed by atoms with van der Waals surface area (Å²) in [6, 6.07) is 7.53. The van der Waals surface area contributed by atoms with Gasteiger partial charge in [0.2, 0.25) is 0 Å². The molecule has 102 valence electrons. The fourth-order valence-electron chi connectivity index (χ4n) is 2.14. The molecule has 1 aliphatic heterocycles. The molecule has 2 aromatic rings. The molecule has 1 N–H and O–H groups in total. The quantitative estimate of drug-likeness (QED) is 0.916. The fourth-order valence-corrected chi connectivity index (χ4v) is 2.14. The molecule has 2 aromatic heterocycles. The smallest absolute Gasteiger partial charge is 0.137 e. The Bertz CT molecular complexity index is 592. The average molecular weight is 269 g/mol. The molecule has 1 saturated heterocycles. The number of carbonyl (C=O) groups is 1. The van der Waals surface area contributed by atoms with Gasteiger partial charge in [-0.05, 0) is 12.1 Å². The Balaban J connectivity index is 1.74. The highest BCUT2D eigenvalue weighted by Crippen LogP contribution is 2.19. The molecular weight excluding hydrogens is 254 g/mol. The van der Waals surface area contributed by atoms with Crippen molar-refractivity contribution in [2.45, 2.75) is 12.8 Å². The Hall–Kier alpha value is -2.50. The van der Waals surface area contributed by atoms with Crippen LogP contribution in [0.1, 0.15) is 12.8 Å². The summed E-state index contributed by atoms with van der Waals surface area (Å²) in [6.45, 7) is 1.44. The summed E-state index contributed by atoms with van der Waals surface area (Å²) < 4.78 is 0. The highest BCUT2D eigenvalue weighted by atomic mass is 16.1. The molecule has 1 fully saturated rings. The SMILES string of the molecule is O=C1CCN(c2cc(Nc3ccccn3)ncn2)CC1. The van der Waals surface area contributed by atoms with E-state index in [1.54, 1.807) is 6.20 Å². The van der Waals surface area contributed by atoms with Gasteiger partial charge in [0.25, 0.3) is 0 Å². The number of Topliss-reactive ketones (excluding diaryl/α,β-unsaturated/α-hetero) is 1. The standard InChI is InChI=1S/C14H15N5O/c20-11-4-7-19(8-5-11)14-9-13(16-10-17-14)18-12-3-1-2-6-15-12/h1-3,6,9-10H,4-5,7-8H2,(H,15,16,17,18). The number of hydrogen-bond donors (Lipinski definition) is 1. The maximum absolute atomic E-state index is 11.3. The van der Waals surface area contributed by atoms with Gasteiger partial charge in [-0.3, -0.25) is 4.79 Å². The van der Waals surface area contributed by atoms with Gasteiger partial charge < -0.3 is 10.2 Å². The van der Waals surface area contributed by atoms with Gasteiger partial charge in [0.15, 0.2) is 0 Å². The van der Waals surface area contributed by atoms with Crippen molar-refractivity contribution in [3.63, 3.8) is 0 Å². The zero-order chi connectivity index (χ0) is 13.8. The van der Waals surface area contributed by atoms with Crippen molar-refractivity contribution in [2.24, 2.45) is 0 Å². The number of aromatic nitrogens is 3. The second kappa shape index (κ2) is 5.64. The first-order chi connectivity index (χ1) is 9.81. The van der Waals surface area contributed by atoms with Crippen LogP contribution in [-0.2, 0) is 4.79 Å². The van der Waals surface area contributed by atoms with Crippen LogP contribution in [0.25, 0.3) is 0 Å². The van der Waals surface area contributed by atoms with Gasteiger partial charge in [0.05, 0.1) is 0 Å². The maximum Gasteiger partial charge on any atom is 0.137 e. The lowest BCUT2D eigenvalue weighted by atomic mass is 10.1. The second-order valence-electron chi connectivity index (χ2n) is 4.63. The largest absolute Gasteiger partial charge is 0.356 e. The number of nitrogens with zero attached hydrogens (tertiary/aromatic N) is 4. The molecular formula is C14H15N5O. The summed E-state index contributed by atoms with van der Waals surface area (Å²) in [4.78, 5) is 26.0. The molecule has 0 aliphatic carbocycles. The molecule has 6 nitrogen and oxygen atoms in total. The first-order valence-electron chi connectivity index (χ1n) is 6.58. The number of nitrogens with one attached hydrogen (secondary N) is 1. The number of piperidine rings is 1. The normalized spacial score (nSPS) is 15.2. The molecule has 0 aromatic carbocycles. The molecule has 0 atom stereocenters. The topological polar surface area (TPSA) is 71.0 Å². The van der Waals surface area contributed by atoms with Gasteiger partial charge in [0, 0.05) is 38.2 Å². The van der Waals surface area contributed by atoms with Crippen LogP contribution in [0.2, 0.25) is 0 Å². The third kappa shape index (κ3) is 2.90. The molecule has 6 heteroatoms. The number of carbonyl (C=O) groups excluding carboxylic acids is 1. The van der Waals surface area contributed by atoms with Gasteiger partial charge in [-0.25, -0.2) is 15.0 Å². The van der Waals surface area contributed by atoms with E-state index < -0.39 is 0 Å². The van der Waals surface area contributed by atoms with Crippen LogP contribution < -0.4 is 10.2 Å². The first kappa shape index (κ1) is 12.5.